The summed E-state index contributed by atoms with van der Waals surface area (Å²) in [5, 5.41) is 8.68. The molecule has 0 atom stereocenters. The fraction of sp³-hybridized carbons (Fsp3) is 0.385. The summed E-state index contributed by atoms with van der Waals surface area (Å²) >= 11 is 0. The van der Waals surface area contributed by atoms with Crippen LogP contribution in [0.1, 0.15) is 24.2 Å². The van der Waals surface area contributed by atoms with Gasteiger partial charge in [0.25, 0.3) is 5.91 Å². The zero-order valence-corrected chi connectivity index (χ0v) is 11.0. The molecule has 0 spiro atoms. The van der Waals surface area contributed by atoms with Crippen LogP contribution in [0.3, 0.4) is 0 Å². The van der Waals surface area contributed by atoms with Gasteiger partial charge in [-0.1, -0.05) is 0 Å². The van der Waals surface area contributed by atoms with Gasteiger partial charge in [-0.3, -0.25) is 4.79 Å². The van der Waals surface area contributed by atoms with Crippen molar-refractivity contribution in [2.24, 2.45) is 0 Å². The number of aromatic carboxylic acids is 1. The molecule has 0 saturated carbocycles. The lowest BCUT2D eigenvalue weighted by Gasteiger charge is -2.21. The van der Waals surface area contributed by atoms with E-state index in [2.05, 4.69) is 0 Å². The van der Waals surface area contributed by atoms with Gasteiger partial charge in [-0.15, -0.1) is 0 Å². The second-order valence-corrected chi connectivity index (χ2v) is 4.34. The number of likely N-dealkylation sites (N-methyl/N-ethyl adjacent to an activating group) is 1. The first-order valence-corrected chi connectivity index (χ1v) is 5.74. The fourth-order valence-electron chi connectivity index (χ4n) is 1.28. The summed E-state index contributed by atoms with van der Waals surface area (Å²) in [4.78, 5) is 23.7. The molecular weight excluding hydrogens is 253 g/mol. The number of rotatable bonds is 5. The van der Waals surface area contributed by atoms with Crippen LogP contribution < -0.4 is 4.74 Å². The minimum absolute atomic E-state index is 0.0235. The summed E-state index contributed by atoms with van der Waals surface area (Å²) in [6.45, 7) is 3.40. The van der Waals surface area contributed by atoms with Gasteiger partial charge in [0.05, 0.1) is 5.56 Å². The molecule has 0 aromatic heterocycles. The van der Waals surface area contributed by atoms with Crippen LogP contribution in [0.25, 0.3) is 0 Å². The maximum absolute atomic E-state index is 13.5. The quantitative estimate of drug-likeness (QED) is 0.884. The molecule has 0 radical (unpaired) electrons. The number of nitrogens with zero attached hydrogens (tertiary/aromatic N) is 1. The van der Waals surface area contributed by atoms with Crippen molar-refractivity contribution in [2.75, 3.05) is 13.7 Å². The van der Waals surface area contributed by atoms with E-state index in [4.69, 9.17) is 9.84 Å². The molecule has 0 aliphatic carbocycles. The summed E-state index contributed by atoms with van der Waals surface area (Å²) in [7, 11) is 1.63. The third kappa shape index (κ3) is 3.94. The average molecular weight is 269 g/mol. The van der Waals surface area contributed by atoms with E-state index in [1.807, 2.05) is 13.8 Å². The summed E-state index contributed by atoms with van der Waals surface area (Å²) in [5.74, 6) is -2.45. The Kier molecular flexibility index (Phi) is 4.86. The zero-order valence-electron chi connectivity index (χ0n) is 11.0. The smallest absolute Gasteiger partial charge is 0.335 e. The van der Waals surface area contributed by atoms with E-state index in [9.17, 15) is 14.0 Å². The standard InChI is InChI=1S/C13H16FNO4/c1-8(2)15(3)12(16)7-19-11-5-4-9(13(17)18)6-10(11)14/h4-6,8H,7H2,1-3H3,(H,17,18). The number of carboxylic acid groups (broad SMARTS) is 1. The number of halogens is 1. The second kappa shape index (κ2) is 6.17. The monoisotopic (exact) mass is 269 g/mol. The third-order valence-electron chi connectivity index (χ3n) is 2.70. The first-order chi connectivity index (χ1) is 8.82. The Morgan fingerprint density at radius 2 is 2.05 bits per heavy atom. The summed E-state index contributed by atoms with van der Waals surface area (Å²) in [6, 6.07) is 3.29. The van der Waals surface area contributed by atoms with Crippen LogP contribution in [0.5, 0.6) is 5.75 Å². The maximum atomic E-state index is 13.5. The van der Waals surface area contributed by atoms with Crippen molar-refractivity contribution in [3.63, 3.8) is 0 Å². The Balaban J connectivity index is 2.69. The van der Waals surface area contributed by atoms with Gasteiger partial charge in [0, 0.05) is 13.1 Å². The van der Waals surface area contributed by atoms with Crippen LogP contribution in [0.4, 0.5) is 4.39 Å². The van der Waals surface area contributed by atoms with Gasteiger partial charge in [-0.05, 0) is 32.0 Å². The molecule has 19 heavy (non-hydrogen) atoms. The molecule has 0 aliphatic heterocycles. The van der Waals surface area contributed by atoms with E-state index in [1.165, 1.54) is 17.0 Å². The van der Waals surface area contributed by atoms with Gasteiger partial charge >= 0.3 is 5.97 Å². The highest BCUT2D eigenvalue weighted by molar-refractivity contribution is 5.87. The lowest BCUT2D eigenvalue weighted by molar-refractivity contribution is -0.133. The van der Waals surface area contributed by atoms with Crippen LogP contribution >= 0.6 is 0 Å². The van der Waals surface area contributed by atoms with Crippen molar-refractivity contribution >= 4 is 11.9 Å². The number of benzene rings is 1. The fourth-order valence-corrected chi connectivity index (χ4v) is 1.28. The van der Waals surface area contributed by atoms with Crippen LogP contribution in [-0.4, -0.2) is 41.6 Å². The molecule has 0 bridgehead atoms. The number of hydrogen-bond acceptors (Lipinski definition) is 3. The SMILES string of the molecule is CC(C)N(C)C(=O)COc1ccc(C(=O)O)cc1F. The normalized spacial score (nSPS) is 10.4. The van der Waals surface area contributed by atoms with Crippen molar-refractivity contribution in [2.45, 2.75) is 19.9 Å². The van der Waals surface area contributed by atoms with Gasteiger partial charge < -0.3 is 14.7 Å². The van der Waals surface area contributed by atoms with E-state index >= 15 is 0 Å². The summed E-state index contributed by atoms with van der Waals surface area (Å²) in [5.41, 5.74) is -0.171. The van der Waals surface area contributed by atoms with Crippen molar-refractivity contribution in [1.29, 1.82) is 0 Å². The Hall–Kier alpha value is -2.11. The number of carboxylic acids is 1. The molecular formula is C13H16FNO4. The lowest BCUT2D eigenvalue weighted by atomic mass is 10.2. The van der Waals surface area contributed by atoms with Gasteiger partial charge in [0.2, 0.25) is 0 Å². The highest BCUT2D eigenvalue weighted by Crippen LogP contribution is 2.18. The van der Waals surface area contributed by atoms with Crippen LogP contribution in [0.15, 0.2) is 18.2 Å². The van der Waals surface area contributed by atoms with Gasteiger partial charge in [0.1, 0.15) is 0 Å². The molecule has 1 rings (SSSR count). The lowest BCUT2D eigenvalue weighted by Crippen LogP contribution is -2.36. The van der Waals surface area contributed by atoms with E-state index in [-0.39, 0.29) is 29.9 Å². The van der Waals surface area contributed by atoms with Crippen molar-refractivity contribution in [1.82, 2.24) is 4.90 Å². The third-order valence-corrected chi connectivity index (χ3v) is 2.70. The zero-order chi connectivity index (χ0) is 14.6. The largest absolute Gasteiger partial charge is 0.481 e. The van der Waals surface area contributed by atoms with Gasteiger partial charge in [-0.25, -0.2) is 9.18 Å². The average Bonchev–Trinajstić information content (AvgIpc) is 2.35. The summed E-state index contributed by atoms with van der Waals surface area (Å²) < 4.78 is 18.6. The van der Waals surface area contributed by atoms with E-state index in [1.54, 1.807) is 7.05 Å². The van der Waals surface area contributed by atoms with Crippen LogP contribution in [0, 0.1) is 5.82 Å². The topological polar surface area (TPSA) is 66.8 Å². The summed E-state index contributed by atoms with van der Waals surface area (Å²) in [6.07, 6.45) is 0. The van der Waals surface area contributed by atoms with Crippen molar-refractivity contribution < 1.29 is 23.8 Å². The number of ether oxygens (including phenoxy) is 1. The molecule has 0 unspecified atom stereocenters. The number of carbonyl (C=O) groups excluding carboxylic acids is 1. The molecule has 1 aromatic rings. The molecule has 5 nitrogen and oxygen atoms in total. The Labute approximate surface area is 110 Å². The molecule has 104 valence electrons. The molecule has 0 fully saturated rings. The van der Waals surface area contributed by atoms with E-state index in [0.717, 1.165) is 6.07 Å². The number of amides is 1. The number of hydrogen-bond donors (Lipinski definition) is 1. The van der Waals surface area contributed by atoms with Crippen molar-refractivity contribution in [3.05, 3.63) is 29.6 Å². The van der Waals surface area contributed by atoms with Crippen LogP contribution in [0.2, 0.25) is 0 Å². The highest BCUT2D eigenvalue weighted by atomic mass is 19.1. The van der Waals surface area contributed by atoms with E-state index < -0.39 is 11.8 Å². The molecule has 1 amide bonds. The predicted octanol–water partition coefficient (Wildman–Crippen LogP) is 1.77. The minimum atomic E-state index is -1.22. The minimum Gasteiger partial charge on any atom is -0.481 e. The molecule has 1 N–H and O–H groups in total. The highest BCUT2D eigenvalue weighted by Gasteiger charge is 2.14. The molecule has 1 aromatic carbocycles. The molecule has 0 saturated heterocycles. The molecule has 6 heteroatoms. The second-order valence-electron chi connectivity index (χ2n) is 4.34. The van der Waals surface area contributed by atoms with E-state index in [0.29, 0.717) is 0 Å². The molecule has 0 heterocycles. The number of carbonyl (C=O) groups is 2. The van der Waals surface area contributed by atoms with Crippen molar-refractivity contribution in [3.8, 4) is 5.75 Å². The first kappa shape index (κ1) is 14.9. The predicted molar refractivity (Wildman–Crippen MR) is 66.8 cm³/mol. The van der Waals surface area contributed by atoms with Gasteiger partial charge in [-0.2, -0.15) is 0 Å². The molecule has 0 aliphatic rings. The van der Waals surface area contributed by atoms with Gasteiger partial charge in [0.15, 0.2) is 18.2 Å². The first-order valence-electron chi connectivity index (χ1n) is 5.74. The van der Waals surface area contributed by atoms with Crippen LogP contribution in [-0.2, 0) is 4.79 Å². The Bertz CT molecular complexity index is 488. The Morgan fingerprint density at radius 1 is 1.42 bits per heavy atom. The maximum Gasteiger partial charge on any atom is 0.335 e. The Morgan fingerprint density at radius 3 is 2.53 bits per heavy atom.